The van der Waals surface area contributed by atoms with Crippen LogP contribution in [-0.4, -0.2) is 5.78 Å². The molecule has 0 radical (unpaired) electrons. The summed E-state index contributed by atoms with van der Waals surface area (Å²) in [5.41, 5.74) is 1.88. The van der Waals surface area contributed by atoms with Crippen LogP contribution in [0.3, 0.4) is 0 Å². The van der Waals surface area contributed by atoms with E-state index in [-0.39, 0.29) is 11.7 Å². The summed E-state index contributed by atoms with van der Waals surface area (Å²) in [7, 11) is 0. The first-order chi connectivity index (χ1) is 11.0. The molecule has 2 aromatic rings. The number of halogens is 2. The molecule has 0 unspecified atom stereocenters. The second-order valence-corrected chi connectivity index (χ2v) is 6.71. The van der Waals surface area contributed by atoms with E-state index < -0.39 is 0 Å². The van der Waals surface area contributed by atoms with E-state index in [4.69, 9.17) is 23.2 Å². The second kappa shape index (κ2) is 8.33. The molecule has 0 aliphatic carbocycles. The maximum absolute atomic E-state index is 12.4. The van der Waals surface area contributed by atoms with Gasteiger partial charge in [-0.05, 0) is 47.2 Å². The zero-order chi connectivity index (χ0) is 16.8. The largest absolute Gasteiger partial charge is 0.295 e. The van der Waals surface area contributed by atoms with E-state index in [0.717, 1.165) is 11.1 Å². The topological polar surface area (TPSA) is 17.1 Å². The van der Waals surface area contributed by atoms with E-state index in [1.165, 1.54) is 0 Å². The quantitative estimate of drug-likeness (QED) is 0.552. The van der Waals surface area contributed by atoms with E-state index in [9.17, 15) is 4.79 Å². The zero-order valence-electron chi connectivity index (χ0n) is 13.3. The molecule has 2 aromatic carbocycles. The lowest BCUT2D eigenvalue weighted by atomic mass is 9.84. The third kappa shape index (κ3) is 4.95. The summed E-state index contributed by atoms with van der Waals surface area (Å²) in [6.45, 7) is 4.22. The Balaban J connectivity index is 2.13. The molecule has 1 nitrogen and oxygen atoms in total. The Hall–Kier alpha value is -1.57. The first-order valence-electron chi connectivity index (χ1n) is 7.69. The number of hydrogen-bond donors (Lipinski definition) is 0. The van der Waals surface area contributed by atoms with Crippen LogP contribution in [0.15, 0.2) is 54.6 Å². The Morgan fingerprint density at radius 2 is 1.61 bits per heavy atom. The predicted octanol–water partition coefficient (Wildman–Crippen LogP) is 6.41. The minimum absolute atomic E-state index is 0.0727. The van der Waals surface area contributed by atoms with Crippen LogP contribution < -0.4 is 0 Å². The fourth-order valence-electron chi connectivity index (χ4n) is 2.56. The van der Waals surface area contributed by atoms with Gasteiger partial charge in [0.25, 0.3) is 0 Å². The van der Waals surface area contributed by atoms with E-state index in [2.05, 4.69) is 13.8 Å². The van der Waals surface area contributed by atoms with Crippen LogP contribution in [0.25, 0.3) is 6.08 Å². The molecule has 0 aliphatic heterocycles. The van der Waals surface area contributed by atoms with Crippen molar-refractivity contribution in [3.63, 3.8) is 0 Å². The minimum Gasteiger partial charge on any atom is -0.295 e. The lowest BCUT2D eigenvalue weighted by molar-refractivity contribution is -0.115. The van der Waals surface area contributed by atoms with Gasteiger partial charge in [-0.2, -0.15) is 0 Å². The highest BCUT2D eigenvalue weighted by molar-refractivity contribution is 6.32. The van der Waals surface area contributed by atoms with Gasteiger partial charge < -0.3 is 0 Å². The molecule has 0 heterocycles. The Kier molecular flexibility index (Phi) is 6.44. The van der Waals surface area contributed by atoms with Gasteiger partial charge in [0, 0.05) is 16.5 Å². The molecule has 1 atom stereocenters. The number of carbonyl (C=O) groups is 1. The number of benzene rings is 2. The van der Waals surface area contributed by atoms with Crippen LogP contribution in [0.5, 0.6) is 0 Å². The summed E-state index contributed by atoms with van der Waals surface area (Å²) in [6.07, 6.45) is 3.81. The number of carbonyl (C=O) groups excluding carboxylic acids is 1. The number of ketones is 1. The molecule has 0 aliphatic rings. The molecule has 2 rings (SSSR count). The predicted molar refractivity (Wildman–Crippen MR) is 99.1 cm³/mol. The third-order valence-corrected chi connectivity index (χ3v) is 4.57. The van der Waals surface area contributed by atoms with Gasteiger partial charge in [-0.3, -0.25) is 4.79 Å². The number of rotatable bonds is 6. The maximum Gasteiger partial charge on any atom is 0.156 e. The van der Waals surface area contributed by atoms with Crippen LogP contribution >= 0.6 is 23.2 Å². The highest BCUT2D eigenvalue weighted by Crippen LogP contribution is 2.33. The molecular weight excluding hydrogens is 327 g/mol. The molecule has 0 saturated carbocycles. The summed E-state index contributed by atoms with van der Waals surface area (Å²) in [5, 5.41) is 1.36. The molecule has 23 heavy (non-hydrogen) atoms. The smallest absolute Gasteiger partial charge is 0.156 e. The van der Waals surface area contributed by atoms with Gasteiger partial charge >= 0.3 is 0 Å². The molecule has 0 spiro atoms. The Morgan fingerprint density at radius 1 is 1.00 bits per heavy atom. The standard InChI is InChI=1S/C20H20Cl2O/c1-14(2)18(17-8-4-6-10-20(17)22)13-16(23)12-11-15-7-3-5-9-19(15)21/h3-12,14,18H,13H2,1-2H3/b12-11+/t18-/m0/s1. The first-order valence-corrected chi connectivity index (χ1v) is 8.44. The maximum atomic E-state index is 12.4. The molecule has 0 fully saturated rings. The van der Waals surface area contributed by atoms with E-state index >= 15 is 0 Å². The van der Waals surface area contributed by atoms with Gasteiger partial charge in [0.1, 0.15) is 0 Å². The van der Waals surface area contributed by atoms with Crippen molar-refractivity contribution in [2.45, 2.75) is 26.2 Å². The average molecular weight is 347 g/mol. The van der Waals surface area contributed by atoms with Crippen LogP contribution in [0.2, 0.25) is 10.0 Å². The highest BCUT2D eigenvalue weighted by atomic mass is 35.5. The van der Waals surface area contributed by atoms with Crippen LogP contribution in [-0.2, 0) is 4.79 Å². The zero-order valence-corrected chi connectivity index (χ0v) is 14.8. The fourth-order valence-corrected chi connectivity index (χ4v) is 3.03. The van der Waals surface area contributed by atoms with E-state index in [1.54, 1.807) is 12.2 Å². The minimum atomic E-state index is 0.0727. The molecule has 0 saturated heterocycles. The molecule has 0 amide bonds. The normalized spacial score (nSPS) is 12.7. The second-order valence-electron chi connectivity index (χ2n) is 5.90. The molecule has 120 valence electrons. The van der Waals surface area contributed by atoms with Gasteiger partial charge in [-0.25, -0.2) is 0 Å². The monoisotopic (exact) mass is 346 g/mol. The average Bonchev–Trinajstić information content (AvgIpc) is 2.52. The van der Waals surface area contributed by atoms with Crippen molar-refractivity contribution in [1.82, 2.24) is 0 Å². The lowest BCUT2D eigenvalue weighted by Gasteiger charge is -2.21. The van der Waals surface area contributed by atoms with Crippen LogP contribution in [0.1, 0.15) is 37.3 Å². The molecule has 0 N–H and O–H groups in total. The van der Waals surface area contributed by atoms with Gasteiger partial charge in [-0.1, -0.05) is 73.4 Å². The van der Waals surface area contributed by atoms with Crippen molar-refractivity contribution in [3.8, 4) is 0 Å². The lowest BCUT2D eigenvalue weighted by Crippen LogP contribution is -2.12. The van der Waals surface area contributed by atoms with E-state index in [0.29, 0.717) is 22.4 Å². The molecular formula is C20H20Cl2O. The Morgan fingerprint density at radius 3 is 2.22 bits per heavy atom. The van der Waals surface area contributed by atoms with Gasteiger partial charge in [-0.15, -0.1) is 0 Å². The van der Waals surface area contributed by atoms with Gasteiger partial charge in [0.2, 0.25) is 0 Å². The molecule has 0 aromatic heterocycles. The van der Waals surface area contributed by atoms with Crippen molar-refractivity contribution in [1.29, 1.82) is 0 Å². The fraction of sp³-hybridized carbons (Fsp3) is 0.250. The molecule has 0 bridgehead atoms. The summed E-state index contributed by atoms with van der Waals surface area (Å²) in [6, 6.07) is 15.2. The van der Waals surface area contributed by atoms with Crippen molar-refractivity contribution < 1.29 is 4.79 Å². The van der Waals surface area contributed by atoms with Crippen LogP contribution in [0.4, 0.5) is 0 Å². The van der Waals surface area contributed by atoms with Crippen LogP contribution in [0, 0.1) is 5.92 Å². The van der Waals surface area contributed by atoms with Crippen molar-refractivity contribution in [3.05, 3.63) is 75.8 Å². The number of hydrogen-bond acceptors (Lipinski definition) is 1. The van der Waals surface area contributed by atoms with Gasteiger partial charge in [0.05, 0.1) is 0 Å². The summed E-state index contributed by atoms with van der Waals surface area (Å²) < 4.78 is 0. The van der Waals surface area contributed by atoms with Crippen molar-refractivity contribution >= 4 is 35.1 Å². The summed E-state index contributed by atoms with van der Waals surface area (Å²) >= 11 is 12.4. The van der Waals surface area contributed by atoms with Gasteiger partial charge in [0.15, 0.2) is 5.78 Å². The van der Waals surface area contributed by atoms with Crippen molar-refractivity contribution in [2.75, 3.05) is 0 Å². The third-order valence-electron chi connectivity index (χ3n) is 3.88. The molecule has 3 heteroatoms. The van der Waals surface area contributed by atoms with E-state index in [1.807, 2.05) is 48.5 Å². The Labute approximate surface area is 147 Å². The summed E-state index contributed by atoms with van der Waals surface area (Å²) in [4.78, 5) is 12.4. The SMILES string of the molecule is CC(C)[C@H](CC(=O)/C=C/c1ccccc1Cl)c1ccccc1Cl. The summed E-state index contributed by atoms with van der Waals surface area (Å²) in [5.74, 6) is 0.503. The number of allylic oxidation sites excluding steroid dienone is 1. The first kappa shape index (κ1) is 17.8. The Bertz CT molecular complexity index is 704. The van der Waals surface area contributed by atoms with Crippen molar-refractivity contribution in [2.24, 2.45) is 5.92 Å². The highest BCUT2D eigenvalue weighted by Gasteiger charge is 2.20.